The Balaban J connectivity index is 1.37. The first-order chi connectivity index (χ1) is 14.6. The number of rotatable bonds is 6. The molecule has 3 aromatic rings. The second-order valence-electron chi connectivity index (χ2n) is 7.54. The number of piperidine rings is 1. The number of aromatic nitrogens is 2. The molecule has 0 spiro atoms. The third-order valence-electron chi connectivity index (χ3n) is 5.33. The number of para-hydroxylation sites is 3. The van der Waals surface area contributed by atoms with Crippen LogP contribution in [0, 0.1) is 0 Å². The van der Waals surface area contributed by atoms with E-state index < -0.39 is 0 Å². The summed E-state index contributed by atoms with van der Waals surface area (Å²) >= 11 is 1.51. The van der Waals surface area contributed by atoms with E-state index in [2.05, 4.69) is 15.3 Å². The molecule has 4 rings (SSSR count). The Hall–Kier alpha value is -2.80. The summed E-state index contributed by atoms with van der Waals surface area (Å²) in [6.45, 7) is 3.60. The van der Waals surface area contributed by atoms with Gasteiger partial charge in [-0.25, -0.2) is 4.98 Å². The lowest BCUT2D eigenvalue weighted by atomic mass is 10.1. The van der Waals surface area contributed by atoms with Crippen LogP contribution in [0.3, 0.4) is 0 Å². The standard InChI is InChI=1S/C23H26N4O2S/c1-16(22-25-19-11-5-6-12-20(19)26-22)30-15-21(28)24-18-10-4-3-9-17(18)23(29)27-13-7-2-8-14-27/h3-6,9-12,16H,2,7-8,13-15H2,1H3,(H,24,28)(H,25,26). The van der Waals surface area contributed by atoms with Crippen molar-refractivity contribution in [1.29, 1.82) is 0 Å². The number of imidazole rings is 1. The lowest BCUT2D eigenvalue weighted by Crippen LogP contribution is -2.36. The average Bonchev–Trinajstić information content (AvgIpc) is 3.22. The first kappa shape index (κ1) is 20.5. The average molecular weight is 423 g/mol. The molecule has 2 amide bonds. The minimum Gasteiger partial charge on any atom is -0.341 e. The van der Waals surface area contributed by atoms with E-state index in [0.717, 1.165) is 42.8 Å². The van der Waals surface area contributed by atoms with Gasteiger partial charge in [-0.2, -0.15) is 0 Å². The summed E-state index contributed by atoms with van der Waals surface area (Å²) < 4.78 is 0. The van der Waals surface area contributed by atoms with Gasteiger partial charge in [-0.3, -0.25) is 9.59 Å². The van der Waals surface area contributed by atoms with Gasteiger partial charge in [-0.05, 0) is 50.5 Å². The number of carbonyl (C=O) groups excluding carboxylic acids is 2. The van der Waals surface area contributed by atoms with E-state index in [-0.39, 0.29) is 22.8 Å². The molecular formula is C23H26N4O2S. The fraction of sp³-hybridized carbons (Fsp3) is 0.348. The van der Waals surface area contributed by atoms with Crippen LogP contribution in [0.5, 0.6) is 0 Å². The van der Waals surface area contributed by atoms with Gasteiger partial charge in [0.1, 0.15) is 5.82 Å². The van der Waals surface area contributed by atoms with Crippen LogP contribution in [0.15, 0.2) is 48.5 Å². The molecule has 1 aliphatic heterocycles. The Morgan fingerprint density at radius 1 is 1.10 bits per heavy atom. The van der Waals surface area contributed by atoms with Crippen molar-refractivity contribution in [2.75, 3.05) is 24.2 Å². The predicted molar refractivity (Wildman–Crippen MR) is 122 cm³/mol. The molecule has 0 aliphatic carbocycles. The molecule has 30 heavy (non-hydrogen) atoms. The van der Waals surface area contributed by atoms with Crippen LogP contribution in [0.1, 0.15) is 47.6 Å². The molecule has 1 saturated heterocycles. The Kier molecular flexibility index (Phi) is 6.38. The number of hydrogen-bond donors (Lipinski definition) is 2. The number of likely N-dealkylation sites (tertiary alicyclic amines) is 1. The van der Waals surface area contributed by atoms with Crippen LogP contribution < -0.4 is 5.32 Å². The quantitative estimate of drug-likeness (QED) is 0.607. The van der Waals surface area contributed by atoms with Crippen LogP contribution in [0.2, 0.25) is 0 Å². The number of fused-ring (bicyclic) bond motifs is 1. The van der Waals surface area contributed by atoms with Gasteiger partial charge in [0.25, 0.3) is 5.91 Å². The second kappa shape index (κ2) is 9.34. The molecule has 156 valence electrons. The van der Waals surface area contributed by atoms with Crippen molar-refractivity contribution in [3.8, 4) is 0 Å². The zero-order valence-corrected chi connectivity index (χ0v) is 17.9. The third-order valence-corrected chi connectivity index (χ3v) is 6.48. The van der Waals surface area contributed by atoms with E-state index in [1.807, 2.05) is 48.2 Å². The summed E-state index contributed by atoms with van der Waals surface area (Å²) in [6.07, 6.45) is 3.25. The van der Waals surface area contributed by atoms with Gasteiger partial charge in [0, 0.05) is 13.1 Å². The maximum Gasteiger partial charge on any atom is 0.255 e. The van der Waals surface area contributed by atoms with E-state index in [1.165, 1.54) is 18.2 Å². The Morgan fingerprint density at radius 3 is 2.63 bits per heavy atom. The van der Waals surface area contributed by atoms with Crippen molar-refractivity contribution in [1.82, 2.24) is 14.9 Å². The van der Waals surface area contributed by atoms with E-state index in [0.29, 0.717) is 11.3 Å². The Bertz CT molecular complexity index is 1010. The highest BCUT2D eigenvalue weighted by molar-refractivity contribution is 8.00. The zero-order chi connectivity index (χ0) is 20.9. The minimum absolute atomic E-state index is 0.00565. The first-order valence-electron chi connectivity index (χ1n) is 10.4. The van der Waals surface area contributed by atoms with Crippen LogP contribution in [0.25, 0.3) is 11.0 Å². The molecule has 0 radical (unpaired) electrons. The Labute approximate surface area is 180 Å². The van der Waals surface area contributed by atoms with Gasteiger partial charge >= 0.3 is 0 Å². The van der Waals surface area contributed by atoms with Crippen LogP contribution in [-0.4, -0.2) is 45.5 Å². The Morgan fingerprint density at radius 2 is 1.83 bits per heavy atom. The monoisotopic (exact) mass is 422 g/mol. The molecule has 1 fully saturated rings. The number of aromatic amines is 1. The number of anilines is 1. The summed E-state index contributed by atoms with van der Waals surface area (Å²) in [4.78, 5) is 35.3. The number of hydrogen-bond acceptors (Lipinski definition) is 4. The molecule has 1 aliphatic rings. The maximum atomic E-state index is 12.9. The number of benzene rings is 2. The number of nitrogens with zero attached hydrogens (tertiary/aromatic N) is 2. The molecule has 0 bridgehead atoms. The first-order valence-corrected chi connectivity index (χ1v) is 11.4. The molecule has 6 nitrogen and oxygen atoms in total. The molecule has 1 atom stereocenters. The van der Waals surface area contributed by atoms with Gasteiger partial charge in [0.15, 0.2) is 0 Å². The summed E-state index contributed by atoms with van der Waals surface area (Å²) in [7, 11) is 0. The summed E-state index contributed by atoms with van der Waals surface area (Å²) in [5.41, 5.74) is 3.06. The van der Waals surface area contributed by atoms with E-state index >= 15 is 0 Å². The number of nitrogens with one attached hydrogen (secondary N) is 2. The molecule has 1 aromatic heterocycles. The highest BCUT2D eigenvalue weighted by atomic mass is 32.2. The molecule has 2 heterocycles. The van der Waals surface area contributed by atoms with Gasteiger partial charge in [-0.15, -0.1) is 11.8 Å². The highest BCUT2D eigenvalue weighted by Crippen LogP contribution is 2.28. The molecule has 1 unspecified atom stereocenters. The van der Waals surface area contributed by atoms with E-state index in [4.69, 9.17) is 0 Å². The van der Waals surface area contributed by atoms with Crippen LogP contribution >= 0.6 is 11.8 Å². The van der Waals surface area contributed by atoms with Crippen LogP contribution in [-0.2, 0) is 4.79 Å². The number of H-pyrrole nitrogens is 1. The largest absolute Gasteiger partial charge is 0.341 e. The summed E-state index contributed by atoms with van der Waals surface area (Å²) in [6, 6.07) is 15.2. The van der Waals surface area contributed by atoms with E-state index in [9.17, 15) is 9.59 Å². The van der Waals surface area contributed by atoms with Gasteiger partial charge in [0.2, 0.25) is 5.91 Å². The molecular weight excluding hydrogens is 396 g/mol. The normalized spacial score (nSPS) is 15.2. The van der Waals surface area contributed by atoms with Crippen molar-refractivity contribution in [3.63, 3.8) is 0 Å². The molecule has 0 saturated carbocycles. The number of thioether (sulfide) groups is 1. The van der Waals surface area contributed by atoms with Gasteiger partial charge < -0.3 is 15.2 Å². The van der Waals surface area contributed by atoms with Crippen molar-refractivity contribution in [2.45, 2.75) is 31.4 Å². The third kappa shape index (κ3) is 4.67. The van der Waals surface area contributed by atoms with Crippen molar-refractivity contribution in [3.05, 3.63) is 59.9 Å². The summed E-state index contributed by atoms with van der Waals surface area (Å²) in [5.74, 6) is 1.01. The second-order valence-corrected chi connectivity index (χ2v) is 8.87. The van der Waals surface area contributed by atoms with E-state index in [1.54, 1.807) is 12.1 Å². The van der Waals surface area contributed by atoms with Gasteiger partial charge in [-0.1, -0.05) is 24.3 Å². The van der Waals surface area contributed by atoms with Gasteiger partial charge in [0.05, 0.1) is 33.3 Å². The van der Waals surface area contributed by atoms with Crippen LogP contribution in [0.4, 0.5) is 5.69 Å². The predicted octanol–water partition coefficient (Wildman–Crippen LogP) is 4.62. The lowest BCUT2D eigenvalue weighted by molar-refractivity contribution is -0.113. The fourth-order valence-corrected chi connectivity index (χ4v) is 4.42. The number of amides is 2. The topological polar surface area (TPSA) is 78.1 Å². The zero-order valence-electron chi connectivity index (χ0n) is 17.1. The molecule has 7 heteroatoms. The SMILES string of the molecule is CC(SCC(=O)Nc1ccccc1C(=O)N1CCCCC1)c1nc2ccccc2[nH]1. The van der Waals surface area contributed by atoms with Crippen molar-refractivity contribution < 1.29 is 9.59 Å². The number of carbonyl (C=O) groups is 2. The smallest absolute Gasteiger partial charge is 0.255 e. The lowest BCUT2D eigenvalue weighted by Gasteiger charge is -2.27. The molecule has 2 N–H and O–H groups in total. The van der Waals surface area contributed by atoms with Crippen molar-refractivity contribution >= 4 is 40.3 Å². The minimum atomic E-state index is -0.123. The fourth-order valence-electron chi connectivity index (χ4n) is 3.68. The maximum absolute atomic E-state index is 12.9. The summed E-state index contributed by atoms with van der Waals surface area (Å²) in [5, 5.41) is 2.98. The highest BCUT2D eigenvalue weighted by Gasteiger charge is 2.21. The molecule has 2 aromatic carbocycles. The van der Waals surface area contributed by atoms with Crippen molar-refractivity contribution in [2.24, 2.45) is 0 Å².